The van der Waals surface area contributed by atoms with Gasteiger partial charge in [0.25, 0.3) is 0 Å². The number of piperidine rings is 1. The Balaban J connectivity index is 1.38. The van der Waals surface area contributed by atoms with Gasteiger partial charge in [-0.1, -0.05) is 19.9 Å². The molecular weight excluding hydrogens is 452 g/mol. The summed E-state index contributed by atoms with van der Waals surface area (Å²) in [5.41, 5.74) is 7.51. The molecule has 4 aromatic heterocycles. The number of pyridine rings is 2. The number of nitrogens with zero attached hydrogens (tertiary/aromatic N) is 5. The molecule has 0 saturated carbocycles. The zero-order valence-corrected chi connectivity index (χ0v) is 20.4. The molecule has 1 aromatic carbocycles. The van der Waals surface area contributed by atoms with E-state index >= 15 is 0 Å². The molecule has 6 rings (SSSR count). The summed E-state index contributed by atoms with van der Waals surface area (Å²) in [6, 6.07) is 12.0. The van der Waals surface area contributed by atoms with Crippen LogP contribution in [0.3, 0.4) is 0 Å². The Bertz CT molecular complexity index is 1560. The minimum atomic E-state index is -0.115. The largest absolute Gasteiger partial charge is 0.370 e. The minimum absolute atomic E-state index is 0.0525. The Labute approximate surface area is 208 Å². The van der Waals surface area contributed by atoms with Crippen molar-refractivity contribution in [2.24, 2.45) is 5.92 Å². The average molecular weight is 481 g/mol. The van der Waals surface area contributed by atoms with Crippen LogP contribution in [0.2, 0.25) is 0 Å². The van der Waals surface area contributed by atoms with Gasteiger partial charge in [-0.25, -0.2) is 9.97 Å². The number of imidazole rings is 1. The molecule has 0 bridgehead atoms. The quantitative estimate of drug-likeness (QED) is 0.320. The van der Waals surface area contributed by atoms with Crippen molar-refractivity contribution >= 4 is 39.3 Å². The molecule has 5 heterocycles. The maximum atomic E-state index is 12.1. The van der Waals surface area contributed by atoms with Gasteiger partial charge in [0.15, 0.2) is 11.5 Å². The molecule has 182 valence electrons. The maximum absolute atomic E-state index is 12.1. The molecule has 0 radical (unpaired) electrons. The van der Waals surface area contributed by atoms with Crippen molar-refractivity contribution in [3.05, 3.63) is 48.8 Å². The fraction of sp³-hybridized carbons (Fsp3) is 0.296. The van der Waals surface area contributed by atoms with Crippen LogP contribution in [0.25, 0.3) is 44.8 Å². The fourth-order valence-electron chi connectivity index (χ4n) is 4.68. The number of hydrogen-bond acceptors (Lipinski definition) is 6. The van der Waals surface area contributed by atoms with E-state index in [9.17, 15) is 4.79 Å². The van der Waals surface area contributed by atoms with Crippen LogP contribution in [0, 0.1) is 5.92 Å². The molecule has 0 unspecified atom stereocenters. The summed E-state index contributed by atoms with van der Waals surface area (Å²) in [5, 5.41) is 10.5. The van der Waals surface area contributed by atoms with E-state index in [4.69, 9.17) is 9.97 Å². The summed E-state index contributed by atoms with van der Waals surface area (Å²) >= 11 is 0. The predicted octanol–water partition coefficient (Wildman–Crippen LogP) is 5.15. The second-order valence-corrected chi connectivity index (χ2v) is 9.58. The number of aromatic nitrogens is 6. The lowest BCUT2D eigenvalue weighted by Crippen LogP contribution is -2.29. The molecular formula is C27H28N8O. The SMILES string of the molecule is CC(C)C(=O)Nc1cncc(-c2ccc3[nH]nc(-c4nc5c(N6CCCCC6)cccc5[nH]4)c3n2)c1. The molecule has 0 atom stereocenters. The lowest BCUT2D eigenvalue weighted by Gasteiger charge is -2.28. The van der Waals surface area contributed by atoms with E-state index in [-0.39, 0.29) is 11.8 Å². The summed E-state index contributed by atoms with van der Waals surface area (Å²) in [7, 11) is 0. The van der Waals surface area contributed by atoms with Gasteiger partial charge in [-0.15, -0.1) is 0 Å². The van der Waals surface area contributed by atoms with Gasteiger partial charge in [0.1, 0.15) is 11.0 Å². The number of rotatable bonds is 5. The summed E-state index contributed by atoms with van der Waals surface area (Å²) in [5.74, 6) is 0.514. The smallest absolute Gasteiger partial charge is 0.226 e. The maximum Gasteiger partial charge on any atom is 0.226 e. The Morgan fingerprint density at radius 2 is 1.86 bits per heavy atom. The van der Waals surface area contributed by atoms with Crippen LogP contribution in [0.15, 0.2) is 48.8 Å². The topological polar surface area (TPSA) is 115 Å². The monoisotopic (exact) mass is 480 g/mol. The highest BCUT2D eigenvalue weighted by Gasteiger charge is 2.19. The molecule has 9 nitrogen and oxygen atoms in total. The zero-order valence-electron chi connectivity index (χ0n) is 20.4. The third-order valence-electron chi connectivity index (χ3n) is 6.65. The Morgan fingerprint density at radius 1 is 1.00 bits per heavy atom. The molecule has 1 saturated heterocycles. The van der Waals surface area contributed by atoms with Gasteiger partial charge in [-0.05, 0) is 49.6 Å². The van der Waals surface area contributed by atoms with Crippen LogP contribution in [-0.2, 0) is 4.79 Å². The molecule has 1 aliphatic rings. The van der Waals surface area contributed by atoms with E-state index in [0.717, 1.165) is 52.1 Å². The number of H-pyrrole nitrogens is 2. The molecule has 1 amide bonds. The summed E-state index contributed by atoms with van der Waals surface area (Å²) in [4.78, 5) is 32.2. The molecule has 5 aromatic rings. The van der Waals surface area contributed by atoms with Crippen molar-refractivity contribution in [2.45, 2.75) is 33.1 Å². The van der Waals surface area contributed by atoms with Gasteiger partial charge in [-0.2, -0.15) is 5.10 Å². The number of carbonyl (C=O) groups is 1. The first kappa shape index (κ1) is 22.2. The predicted molar refractivity (Wildman–Crippen MR) is 142 cm³/mol. The normalized spacial score (nSPS) is 14.1. The number of aromatic amines is 2. The molecule has 0 aliphatic carbocycles. The van der Waals surface area contributed by atoms with Gasteiger partial charge in [0.05, 0.1) is 34.3 Å². The molecule has 1 fully saturated rings. The lowest BCUT2D eigenvalue weighted by atomic mass is 10.1. The first-order valence-corrected chi connectivity index (χ1v) is 12.4. The summed E-state index contributed by atoms with van der Waals surface area (Å²) < 4.78 is 0. The van der Waals surface area contributed by atoms with E-state index in [2.05, 4.69) is 48.6 Å². The third-order valence-corrected chi connectivity index (χ3v) is 6.65. The number of carbonyl (C=O) groups excluding carboxylic acids is 1. The highest BCUT2D eigenvalue weighted by atomic mass is 16.1. The Hall–Kier alpha value is -4.27. The van der Waals surface area contributed by atoms with Crippen molar-refractivity contribution in [3.8, 4) is 22.8 Å². The third kappa shape index (κ3) is 4.06. The number of nitrogens with one attached hydrogen (secondary N) is 3. The van der Waals surface area contributed by atoms with Crippen LogP contribution in [-0.4, -0.2) is 49.1 Å². The molecule has 9 heteroatoms. The molecule has 0 spiro atoms. The standard InChI is InChI=1S/C27H28N8O/c1-16(2)27(36)29-18-13-17(14-28-15-18)19-9-10-21-24(30-19)25(34-33-21)26-31-20-7-6-8-22(23(20)32-26)35-11-4-3-5-12-35/h6-10,13-16H,3-5,11-12H2,1-2H3,(H,29,36)(H,31,32)(H,33,34). The number of benzene rings is 1. The van der Waals surface area contributed by atoms with Crippen LogP contribution in [0.1, 0.15) is 33.1 Å². The number of fused-ring (bicyclic) bond motifs is 2. The van der Waals surface area contributed by atoms with Gasteiger partial charge in [-0.3, -0.25) is 14.9 Å². The Kier molecular flexibility index (Phi) is 5.59. The highest BCUT2D eigenvalue weighted by molar-refractivity contribution is 5.95. The van der Waals surface area contributed by atoms with Gasteiger partial charge < -0.3 is 15.2 Å². The van der Waals surface area contributed by atoms with Crippen LogP contribution < -0.4 is 10.2 Å². The number of para-hydroxylation sites is 1. The van der Waals surface area contributed by atoms with E-state index in [0.29, 0.717) is 17.2 Å². The highest BCUT2D eigenvalue weighted by Crippen LogP contribution is 2.32. The van der Waals surface area contributed by atoms with Crippen LogP contribution >= 0.6 is 0 Å². The number of hydrogen-bond donors (Lipinski definition) is 3. The first-order valence-electron chi connectivity index (χ1n) is 12.4. The Morgan fingerprint density at radius 3 is 2.69 bits per heavy atom. The number of amides is 1. The van der Waals surface area contributed by atoms with Gasteiger partial charge >= 0.3 is 0 Å². The molecule has 1 aliphatic heterocycles. The molecule has 36 heavy (non-hydrogen) atoms. The summed E-state index contributed by atoms with van der Waals surface area (Å²) in [6.45, 7) is 5.83. The number of anilines is 2. The average Bonchev–Trinajstić information content (AvgIpc) is 3.53. The van der Waals surface area contributed by atoms with Crippen molar-refractivity contribution in [1.82, 2.24) is 30.1 Å². The van der Waals surface area contributed by atoms with E-state index < -0.39 is 0 Å². The van der Waals surface area contributed by atoms with Crippen molar-refractivity contribution in [2.75, 3.05) is 23.3 Å². The van der Waals surface area contributed by atoms with E-state index in [1.54, 1.807) is 12.4 Å². The lowest BCUT2D eigenvalue weighted by molar-refractivity contribution is -0.118. The second kappa shape index (κ2) is 9.07. The first-order chi connectivity index (χ1) is 17.6. The molecule has 3 N–H and O–H groups in total. The van der Waals surface area contributed by atoms with Crippen molar-refractivity contribution in [1.29, 1.82) is 0 Å². The van der Waals surface area contributed by atoms with Crippen molar-refractivity contribution in [3.63, 3.8) is 0 Å². The fourth-order valence-corrected chi connectivity index (χ4v) is 4.68. The van der Waals surface area contributed by atoms with E-state index in [1.807, 2.05) is 32.0 Å². The second-order valence-electron chi connectivity index (χ2n) is 9.58. The van der Waals surface area contributed by atoms with Gasteiger partial charge in [0.2, 0.25) is 5.91 Å². The van der Waals surface area contributed by atoms with Crippen LogP contribution in [0.4, 0.5) is 11.4 Å². The zero-order chi connectivity index (χ0) is 24.6. The minimum Gasteiger partial charge on any atom is -0.370 e. The van der Waals surface area contributed by atoms with Crippen molar-refractivity contribution < 1.29 is 4.79 Å². The summed E-state index contributed by atoms with van der Waals surface area (Å²) in [6.07, 6.45) is 7.09. The van der Waals surface area contributed by atoms with Gasteiger partial charge in [0, 0.05) is 30.8 Å². The van der Waals surface area contributed by atoms with E-state index in [1.165, 1.54) is 19.3 Å². The van der Waals surface area contributed by atoms with Crippen LogP contribution in [0.5, 0.6) is 0 Å².